The highest BCUT2D eigenvalue weighted by Gasteiger charge is 2.18. The molecule has 0 saturated heterocycles. The van der Waals surface area contributed by atoms with Crippen LogP contribution < -0.4 is 15.2 Å². The standard InChI is InChI=1S/C15H15NO2/c16-9-13(11-4-2-1-3-5-11)12-6-7-14-15(8-12)18-10-17-14/h1-8,13H,9-10,16H2. The van der Waals surface area contributed by atoms with Crippen molar-refractivity contribution in [3.63, 3.8) is 0 Å². The van der Waals surface area contributed by atoms with Gasteiger partial charge in [-0.25, -0.2) is 0 Å². The molecule has 0 aromatic heterocycles. The van der Waals surface area contributed by atoms with E-state index in [-0.39, 0.29) is 5.92 Å². The zero-order valence-electron chi connectivity index (χ0n) is 10.0. The number of ether oxygens (including phenoxy) is 2. The summed E-state index contributed by atoms with van der Waals surface area (Å²) in [6.07, 6.45) is 0. The molecule has 2 N–H and O–H groups in total. The van der Waals surface area contributed by atoms with Crippen LogP contribution in [-0.4, -0.2) is 13.3 Å². The minimum absolute atomic E-state index is 0.195. The molecule has 3 nitrogen and oxygen atoms in total. The molecule has 18 heavy (non-hydrogen) atoms. The molecule has 1 unspecified atom stereocenters. The molecule has 0 fully saturated rings. The van der Waals surface area contributed by atoms with Crippen LogP contribution in [0.1, 0.15) is 17.0 Å². The van der Waals surface area contributed by atoms with Gasteiger partial charge in [-0.15, -0.1) is 0 Å². The second-order valence-corrected chi connectivity index (χ2v) is 4.31. The van der Waals surface area contributed by atoms with Crippen molar-refractivity contribution in [1.82, 2.24) is 0 Å². The molecule has 0 aliphatic carbocycles. The maximum atomic E-state index is 5.91. The molecule has 0 bridgehead atoms. The van der Waals surface area contributed by atoms with Crippen molar-refractivity contribution >= 4 is 0 Å². The zero-order chi connectivity index (χ0) is 12.4. The number of nitrogens with two attached hydrogens (primary N) is 1. The van der Waals surface area contributed by atoms with E-state index in [9.17, 15) is 0 Å². The first-order valence-electron chi connectivity index (χ1n) is 6.03. The summed E-state index contributed by atoms with van der Waals surface area (Å²) in [5.41, 5.74) is 8.29. The highest BCUT2D eigenvalue weighted by molar-refractivity contribution is 5.47. The van der Waals surface area contributed by atoms with E-state index in [4.69, 9.17) is 15.2 Å². The first-order chi connectivity index (χ1) is 8.88. The van der Waals surface area contributed by atoms with Gasteiger partial charge in [0.25, 0.3) is 0 Å². The molecule has 2 aromatic carbocycles. The number of hydrogen-bond donors (Lipinski definition) is 1. The first kappa shape index (κ1) is 11.1. The van der Waals surface area contributed by atoms with Crippen molar-refractivity contribution < 1.29 is 9.47 Å². The molecular formula is C15H15NO2. The fraction of sp³-hybridized carbons (Fsp3) is 0.200. The average molecular weight is 241 g/mol. The van der Waals surface area contributed by atoms with Gasteiger partial charge in [-0.1, -0.05) is 36.4 Å². The lowest BCUT2D eigenvalue weighted by atomic mass is 9.91. The number of fused-ring (bicyclic) bond motifs is 1. The third-order valence-electron chi connectivity index (χ3n) is 3.24. The summed E-state index contributed by atoms with van der Waals surface area (Å²) in [5.74, 6) is 1.81. The number of rotatable bonds is 3. The molecule has 92 valence electrons. The summed E-state index contributed by atoms with van der Waals surface area (Å²) in [6.45, 7) is 0.876. The lowest BCUT2D eigenvalue weighted by Gasteiger charge is -2.16. The topological polar surface area (TPSA) is 44.5 Å². The van der Waals surface area contributed by atoms with E-state index in [1.54, 1.807) is 0 Å². The van der Waals surface area contributed by atoms with Crippen molar-refractivity contribution in [1.29, 1.82) is 0 Å². The second kappa shape index (κ2) is 4.70. The normalized spacial score (nSPS) is 14.5. The van der Waals surface area contributed by atoms with E-state index >= 15 is 0 Å². The number of benzene rings is 2. The summed E-state index contributed by atoms with van der Waals surface area (Å²) in [4.78, 5) is 0. The van der Waals surface area contributed by atoms with Crippen LogP contribution in [0.15, 0.2) is 48.5 Å². The third kappa shape index (κ3) is 1.93. The van der Waals surface area contributed by atoms with Gasteiger partial charge in [-0.2, -0.15) is 0 Å². The van der Waals surface area contributed by atoms with E-state index in [0.29, 0.717) is 13.3 Å². The fourth-order valence-electron chi connectivity index (χ4n) is 2.28. The van der Waals surface area contributed by atoms with Crippen molar-refractivity contribution in [2.24, 2.45) is 5.73 Å². The molecule has 3 heteroatoms. The molecule has 1 heterocycles. The van der Waals surface area contributed by atoms with Crippen LogP contribution in [0.4, 0.5) is 0 Å². The molecule has 0 saturated carbocycles. The predicted octanol–water partition coefficient (Wildman–Crippen LogP) is 2.51. The van der Waals surface area contributed by atoms with Crippen LogP contribution in [0.3, 0.4) is 0 Å². The SMILES string of the molecule is NCC(c1ccccc1)c1ccc2c(c1)OCO2. The molecule has 0 spiro atoms. The van der Waals surface area contributed by atoms with Gasteiger partial charge in [0.15, 0.2) is 11.5 Å². The highest BCUT2D eigenvalue weighted by atomic mass is 16.7. The maximum absolute atomic E-state index is 5.91. The zero-order valence-corrected chi connectivity index (χ0v) is 10.0. The van der Waals surface area contributed by atoms with Crippen LogP contribution in [0.2, 0.25) is 0 Å². The van der Waals surface area contributed by atoms with Gasteiger partial charge in [0.05, 0.1) is 0 Å². The van der Waals surface area contributed by atoms with E-state index < -0.39 is 0 Å². The average Bonchev–Trinajstić information content (AvgIpc) is 2.88. The Kier molecular flexibility index (Phi) is 2.90. The molecule has 2 aromatic rings. The Morgan fingerprint density at radius 1 is 0.944 bits per heavy atom. The van der Waals surface area contributed by atoms with Gasteiger partial charge < -0.3 is 15.2 Å². The second-order valence-electron chi connectivity index (χ2n) is 4.31. The maximum Gasteiger partial charge on any atom is 0.231 e. The molecular weight excluding hydrogens is 226 g/mol. The predicted molar refractivity (Wildman–Crippen MR) is 69.9 cm³/mol. The van der Waals surface area contributed by atoms with Gasteiger partial charge >= 0.3 is 0 Å². The van der Waals surface area contributed by atoms with Gasteiger partial charge in [0, 0.05) is 12.5 Å². The molecule has 0 radical (unpaired) electrons. The number of hydrogen-bond acceptors (Lipinski definition) is 3. The molecule has 0 amide bonds. The van der Waals surface area contributed by atoms with E-state index in [0.717, 1.165) is 17.1 Å². The van der Waals surface area contributed by atoms with Gasteiger partial charge in [0.2, 0.25) is 6.79 Å². The van der Waals surface area contributed by atoms with E-state index in [1.165, 1.54) is 5.56 Å². The van der Waals surface area contributed by atoms with E-state index in [1.807, 2.05) is 30.3 Å². The quantitative estimate of drug-likeness (QED) is 0.898. The summed E-state index contributed by atoms with van der Waals surface area (Å²) < 4.78 is 10.7. The molecule has 3 rings (SSSR count). The molecule has 1 aliphatic heterocycles. The molecule has 1 atom stereocenters. The molecule has 1 aliphatic rings. The Bertz CT molecular complexity index is 539. The lowest BCUT2D eigenvalue weighted by molar-refractivity contribution is 0.174. The largest absolute Gasteiger partial charge is 0.454 e. The summed E-state index contributed by atoms with van der Waals surface area (Å²) >= 11 is 0. The monoisotopic (exact) mass is 241 g/mol. The van der Waals surface area contributed by atoms with Crippen molar-refractivity contribution in [2.75, 3.05) is 13.3 Å². The van der Waals surface area contributed by atoms with Gasteiger partial charge in [-0.3, -0.25) is 0 Å². The summed E-state index contributed by atoms with van der Waals surface area (Å²) in [5, 5.41) is 0. The first-order valence-corrected chi connectivity index (χ1v) is 6.03. The summed E-state index contributed by atoms with van der Waals surface area (Å²) in [6, 6.07) is 16.3. The van der Waals surface area contributed by atoms with Crippen LogP contribution in [0.5, 0.6) is 11.5 Å². The van der Waals surface area contributed by atoms with E-state index in [2.05, 4.69) is 18.2 Å². The fourth-order valence-corrected chi connectivity index (χ4v) is 2.28. The Hall–Kier alpha value is -2.00. The summed E-state index contributed by atoms with van der Waals surface area (Å²) in [7, 11) is 0. The van der Waals surface area contributed by atoms with Crippen molar-refractivity contribution in [3.05, 3.63) is 59.7 Å². The third-order valence-corrected chi connectivity index (χ3v) is 3.24. The lowest BCUT2D eigenvalue weighted by Crippen LogP contribution is -2.13. The Labute approximate surface area is 106 Å². The Morgan fingerprint density at radius 3 is 2.50 bits per heavy atom. The van der Waals surface area contributed by atoms with Gasteiger partial charge in [-0.05, 0) is 23.3 Å². The van der Waals surface area contributed by atoms with Crippen LogP contribution in [0.25, 0.3) is 0 Å². The van der Waals surface area contributed by atoms with Crippen LogP contribution in [0, 0.1) is 0 Å². The minimum Gasteiger partial charge on any atom is -0.454 e. The smallest absolute Gasteiger partial charge is 0.231 e. The van der Waals surface area contributed by atoms with Crippen molar-refractivity contribution in [3.8, 4) is 11.5 Å². The van der Waals surface area contributed by atoms with Crippen LogP contribution >= 0.6 is 0 Å². The minimum atomic E-state index is 0.195. The van der Waals surface area contributed by atoms with Crippen molar-refractivity contribution in [2.45, 2.75) is 5.92 Å². The van der Waals surface area contributed by atoms with Gasteiger partial charge in [0.1, 0.15) is 0 Å². The highest BCUT2D eigenvalue weighted by Crippen LogP contribution is 2.35. The van der Waals surface area contributed by atoms with Crippen LogP contribution in [-0.2, 0) is 0 Å². The Morgan fingerprint density at radius 2 is 1.72 bits per heavy atom. The Balaban J connectivity index is 1.97.